The van der Waals surface area contributed by atoms with Crippen LogP contribution in [-0.2, 0) is 17.8 Å². The van der Waals surface area contributed by atoms with E-state index in [1.54, 1.807) is 19.2 Å². The van der Waals surface area contributed by atoms with Crippen LogP contribution in [0.4, 0.5) is 11.4 Å². The van der Waals surface area contributed by atoms with E-state index in [0.29, 0.717) is 24.4 Å². The summed E-state index contributed by atoms with van der Waals surface area (Å²) >= 11 is 0. The number of rotatable bonds is 3. The van der Waals surface area contributed by atoms with E-state index < -0.39 is 0 Å². The van der Waals surface area contributed by atoms with Crippen molar-refractivity contribution in [2.45, 2.75) is 20.0 Å². The number of carbonyl (C=O) groups excluding carboxylic acids is 1. The van der Waals surface area contributed by atoms with E-state index in [1.165, 1.54) is 0 Å². The minimum absolute atomic E-state index is 0.337. The first-order valence-electron chi connectivity index (χ1n) is 7.01. The second kappa shape index (κ2) is 5.47. The second-order valence-corrected chi connectivity index (χ2v) is 4.92. The van der Waals surface area contributed by atoms with E-state index in [2.05, 4.69) is 14.5 Å². The van der Waals surface area contributed by atoms with Crippen LogP contribution >= 0.6 is 0 Å². The van der Waals surface area contributed by atoms with E-state index in [-0.39, 0.29) is 5.97 Å². The molecule has 1 aliphatic heterocycles. The van der Waals surface area contributed by atoms with Gasteiger partial charge >= 0.3 is 5.97 Å². The van der Waals surface area contributed by atoms with Crippen LogP contribution in [0, 0.1) is 0 Å². The Bertz CT molecular complexity index is 665. The lowest BCUT2D eigenvalue weighted by Crippen LogP contribution is -2.34. The Morgan fingerprint density at radius 3 is 3.10 bits per heavy atom. The molecule has 6 heteroatoms. The molecule has 3 rings (SSSR count). The molecule has 2 N–H and O–H groups in total. The summed E-state index contributed by atoms with van der Waals surface area (Å²) in [5, 5.41) is 0. The van der Waals surface area contributed by atoms with Crippen LogP contribution in [0.25, 0.3) is 0 Å². The number of carbonyl (C=O) groups is 1. The molecule has 0 radical (unpaired) electrons. The van der Waals surface area contributed by atoms with Crippen LogP contribution < -0.4 is 10.6 Å². The van der Waals surface area contributed by atoms with Crippen molar-refractivity contribution in [2.75, 3.05) is 23.8 Å². The van der Waals surface area contributed by atoms with Gasteiger partial charge in [-0.25, -0.2) is 9.78 Å². The number of hydrogen-bond acceptors (Lipinski definition) is 5. The molecule has 1 aromatic carbocycles. The van der Waals surface area contributed by atoms with Gasteiger partial charge in [-0.05, 0) is 19.1 Å². The Morgan fingerprint density at radius 2 is 2.29 bits per heavy atom. The first kappa shape index (κ1) is 13.5. The normalized spacial score (nSPS) is 13.9. The molecule has 0 saturated heterocycles. The number of aromatic nitrogens is 2. The highest BCUT2D eigenvalue weighted by atomic mass is 16.5. The Balaban J connectivity index is 1.90. The minimum atomic E-state index is -0.379. The van der Waals surface area contributed by atoms with Gasteiger partial charge in [0.1, 0.15) is 5.82 Å². The average molecular weight is 286 g/mol. The molecule has 0 spiro atoms. The summed E-state index contributed by atoms with van der Waals surface area (Å²) in [6, 6.07) is 5.46. The van der Waals surface area contributed by atoms with Crippen LogP contribution in [-0.4, -0.2) is 28.7 Å². The third-order valence-electron chi connectivity index (χ3n) is 3.66. The number of ether oxygens (including phenoxy) is 1. The Kier molecular flexibility index (Phi) is 3.51. The summed E-state index contributed by atoms with van der Waals surface area (Å²) in [4.78, 5) is 18.4. The Hall–Kier alpha value is -2.50. The highest BCUT2D eigenvalue weighted by Crippen LogP contribution is 2.29. The third kappa shape index (κ3) is 2.44. The zero-order chi connectivity index (χ0) is 14.8. The Labute approximate surface area is 123 Å². The van der Waals surface area contributed by atoms with Gasteiger partial charge in [-0.2, -0.15) is 0 Å². The molecule has 21 heavy (non-hydrogen) atoms. The molecule has 0 saturated carbocycles. The van der Waals surface area contributed by atoms with Crippen molar-refractivity contribution >= 4 is 17.3 Å². The lowest BCUT2D eigenvalue weighted by atomic mass is 10.1. The van der Waals surface area contributed by atoms with E-state index in [0.717, 1.165) is 24.6 Å². The summed E-state index contributed by atoms with van der Waals surface area (Å²) in [6.45, 7) is 4.49. The number of nitrogen functional groups attached to an aromatic ring is 1. The van der Waals surface area contributed by atoms with Gasteiger partial charge < -0.3 is 19.9 Å². The van der Waals surface area contributed by atoms with E-state index in [1.807, 2.05) is 18.3 Å². The van der Waals surface area contributed by atoms with Gasteiger partial charge in [-0.1, -0.05) is 6.07 Å². The smallest absolute Gasteiger partial charge is 0.340 e. The maximum Gasteiger partial charge on any atom is 0.340 e. The van der Waals surface area contributed by atoms with Gasteiger partial charge in [0.25, 0.3) is 0 Å². The standard InChI is InChI=1S/C15H18N4O2/c1-2-21-15(20)11-4-3-5-12(14(11)16)19-9-8-18-7-6-17-13(18)10-19/h3-7H,2,8-10,16H2,1H3. The second-order valence-electron chi connectivity index (χ2n) is 4.92. The summed E-state index contributed by atoms with van der Waals surface area (Å²) in [7, 11) is 0. The van der Waals surface area contributed by atoms with E-state index in [9.17, 15) is 4.79 Å². The van der Waals surface area contributed by atoms with Crippen molar-refractivity contribution in [2.24, 2.45) is 0 Å². The van der Waals surface area contributed by atoms with Gasteiger partial charge in [0.2, 0.25) is 0 Å². The van der Waals surface area contributed by atoms with Gasteiger partial charge in [-0.3, -0.25) is 0 Å². The van der Waals surface area contributed by atoms with Gasteiger partial charge in [-0.15, -0.1) is 0 Å². The summed E-state index contributed by atoms with van der Waals surface area (Å²) in [5.74, 6) is 0.623. The number of para-hydroxylation sites is 1. The van der Waals surface area contributed by atoms with Crippen molar-refractivity contribution in [3.8, 4) is 0 Å². The topological polar surface area (TPSA) is 73.4 Å². The molecule has 110 valence electrons. The third-order valence-corrected chi connectivity index (χ3v) is 3.66. The van der Waals surface area contributed by atoms with Crippen LogP contribution in [0.3, 0.4) is 0 Å². The fourth-order valence-corrected chi connectivity index (χ4v) is 2.59. The molecule has 0 amide bonds. The summed E-state index contributed by atoms with van der Waals surface area (Å²) < 4.78 is 7.17. The number of anilines is 2. The molecule has 0 atom stereocenters. The quantitative estimate of drug-likeness (QED) is 0.686. The number of nitrogens with two attached hydrogens (primary N) is 1. The number of nitrogens with zero attached hydrogens (tertiary/aromatic N) is 3. The van der Waals surface area contributed by atoms with Crippen LogP contribution in [0.15, 0.2) is 30.6 Å². The van der Waals surface area contributed by atoms with Crippen LogP contribution in [0.1, 0.15) is 23.1 Å². The maximum atomic E-state index is 11.9. The van der Waals surface area contributed by atoms with Crippen molar-refractivity contribution in [3.05, 3.63) is 42.0 Å². The zero-order valence-corrected chi connectivity index (χ0v) is 12.0. The number of esters is 1. The number of fused-ring (bicyclic) bond motifs is 1. The maximum absolute atomic E-state index is 11.9. The average Bonchev–Trinajstić information content (AvgIpc) is 2.95. The fourth-order valence-electron chi connectivity index (χ4n) is 2.59. The van der Waals surface area contributed by atoms with Crippen molar-refractivity contribution < 1.29 is 9.53 Å². The highest BCUT2D eigenvalue weighted by Gasteiger charge is 2.21. The molecule has 0 aliphatic carbocycles. The lowest BCUT2D eigenvalue weighted by Gasteiger charge is -2.30. The van der Waals surface area contributed by atoms with Gasteiger partial charge in [0.05, 0.1) is 30.1 Å². The number of hydrogen-bond donors (Lipinski definition) is 1. The molecule has 2 heterocycles. The lowest BCUT2D eigenvalue weighted by molar-refractivity contribution is 0.0527. The summed E-state index contributed by atoms with van der Waals surface area (Å²) in [5.41, 5.74) is 7.92. The van der Waals surface area contributed by atoms with Crippen LogP contribution in [0.2, 0.25) is 0 Å². The first-order chi connectivity index (χ1) is 10.2. The Morgan fingerprint density at radius 1 is 1.43 bits per heavy atom. The molecule has 1 aliphatic rings. The minimum Gasteiger partial charge on any atom is -0.462 e. The van der Waals surface area contributed by atoms with Crippen molar-refractivity contribution in [1.82, 2.24) is 9.55 Å². The van der Waals surface area contributed by atoms with E-state index in [4.69, 9.17) is 10.5 Å². The molecule has 2 aromatic rings. The van der Waals surface area contributed by atoms with Gasteiger partial charge in [0.15, 0.2) is 0 Å². The van der Waals surface area contributed by atoms with E-state index >= 15 is 0 Å². The highest BCUT2D eigenvalue weighted by molar-refractivity contribution is 5.98. The molecule has 0 fully saturated rings. The van der Waals surface area contributed by atoms with Crippen molar-refractivity contribution in [3.63, 3.8) is 0 Å². The van der Waals surface area contributed by atoms with Crippen LogP contribution in [0.5, 0.6) is 0 Å². The number of benzene rings is 1. The monoisotopic (exact) mass is 286 g/mol. The largest absolute Gasteiger partial charge is 0.462 e. The number of imidazole rings is 1. The molecular formula is C15H18N4O2. The zero-order valence-electron chi connectivity index (χ0n) is 12.0. The molecular weight excluding hydrogens is 268 g/mol. The molecule has 0 unspecified atom stereocenters. The molecule has 1 aromatic heterocycles. The van der Waals surface area contributed by atoms with Gasteiger partial charge in [0, 0.05) is 25.5 Å². The fraction of sp³-hybridized carbons (Fsp3) is 0.333. The predicted molar refractivity (Wildman–Crippen MR) is 80.1 cm³/mol. The first-order valence-corrected chi connectivity index (χ1v) is 7.01. The summed E-state index contributed by atoms with van der Waals surface area (Å²) in [6.07, 6.45) is 3.78. The predicted octanol–water partition coefficient (Wildman–Crippen LogP) is 1.66. The van der Waals surface area contributed by atoms with Crippen molar-refractivity contribution in [1.29, 1.82) is 0 Å². The molecule has 0 bridgehead atoms. The SMILES string of the molecule is CCOC(=O)c1cccc(N2CCn3ccnc3C2)c1N. The molecule has 6 nitrogen and oxygen atoms in total.